The molecule has 1 saturated carbocycles. The number of carbonyl (C=O) groups is 2. The van der Waals surface area contributed by atoms with Crippen molar-refractivity contribution < 1.29 is 14.7 Å². The van der Waals surface area contributed by atoms with Crippen molar-refractivity contribution in [2.75, 3.05) is 5.32 Å². The Hall–Kier alpha value is -1.43. The minimum atomic E-state index is -0.889. The molecule has 0 saturated heterocycles. The molecule has 1 fully saturated rings. The van der Waals surface area contributed by atoms with E-state index >= 15 is 0 Å². The van der Waals surface area contributed by atoms with E-state index in [0.29, 0.717) is 18.5 Å². The highest BCUT2D eigenvalue weighted by Gasteiger charge is 2.41. The van der Waals surface area contributed by atoms with Crippen molar-refractivity contribution in [3.8, 4) is 0 Å². The molecule has 0 aliphatic heterocycles. The van der Waals surface area contributed by atoms with Gasteiger partial charge < -0.3 is 10.4 Å². The molecule has 20 heavy (non-hydrogen) atoms. The Morgan fingerprint density at radius 3 is 2.65 bits per heavy atom. The molecule has 3 atom stereocenters. The van der Waals surface area contributed by atoms with Gasteiger partial charge in [-0.25, -0.2) is 4.98 Å². The number of carboxylic acid groups (broad SMARTS) is 1. The Balaban J connectivity index is 2.11. The summed E-state index contributed by atoms with van der Waals surface area (Å²) in [6.45, 7) is 3.86. The average molecular weight is 341 g/mol. The van der Waals surface area contributed by atoms with Crippen molar-refractivity contribution in [1.29, 1.82) is 0 Å². The summed E-state index contributed by atoms with van der Waals surface area (Å²) in [4.78, 5) is 27.6. The van der Waals surface area contributed by atoms with Crippen molar-refractivity contribution in [2.24, 2.45) is 17.8 Å². The van der Waals surface area contributed by atoms with Gasteiger partial charge >= 0.3 is 5.97 Å². The highest BCUT2D eigenvalue weighted by Crippen LogP contribution is 2.37. The van der Waals surface area contributed by atoms with E-state index in [-0.39, 0.29) is 11.8 Å². The van der Waals surface area contributed by atoms with Crippen molar-refractivity contribution in [1.82, 2.24) is 4.98 Å². The lowest BCUT2D eigenvalue weighted by atomic mass is 9.95. The number of nitrogens with zero attached hydrogens (tertiary/aromatic N) is 1. The van der Waals surface area contributed by atoms with Crippen LogP contribution in [0.1, 0.15) is 25.3 Å². The second kappa shape index (κ2) is 5.91. The van der Waals surface area contributed by atoms with Gasteiger partial charge in [-0.1, -0.05) is 6.92 Å². The maximum absolute atomic E-state index is 12.3. The number of hydrogen-bond donors (Lipinski definition) is 2. The van der Waals surface area contributed by atoms with Gasteiger partial charge in [0.15, 0.2) is 0 Å². The van der Waals surface area contributed by atoms with Crippen molar-refractivity contribution in [3.05, 3.63) is 22.4 Å². The number of hydrogen-bond acceptors (Lipinski definition) is 3. The molecule has 1 aliphatic rings. The summed E-state index contributed by atoms with van der Waals surface area (Å²) in [5, 5.41) is 12.0. The minimum Gasteiger partial charge on any atom is -0.481 e. The first kappa shape index (κ1) is 15.0. The average Bonchev–Trinajstić information content (AvgIpc) is 2.76. The number of carbonyl (C=O) groups excluding carboxylic acids is 1. The number of halogens is 1. The van der Waals surface area contributed by atoms with Crippen LogP contribution >= 0.6 is 15.9 Å². The second-order valence-corrected chi connectivity index (χ2v) is 6.20. The fraction of sp³-hybridized carbons (Fsp3) is 0.500. The lowest BCUT2D eigenvalue weighted by Gasteiger charge is -2.15. The molecule has 108 valence electrons. The monoisotopic (exact) mass is 340 g/mol. The van der Waals surface area contributed by atoms with E-state index in [2.05, 4.69) is 26.2 Å². The first-order valence-corrected chi connectivity index (χ1v) is 7.33. The number of aryl methyl sites for hydroxylation is 1. The van der Waals surface area contributed by atoms with Crippen LogP contribution in [0.15, 0.2) is 16.9 Å². The molecule has 1 aromatic rings. The standard InChI is InChI=1S/C14H17BrN2O3/c1-7-3-10(11(4-7)14(19)20)13(18)17-9-5-8(2)12(15)16-6-9/h5-7,10-11H,3-4H2,1-2H3,(H,17,18)(H,19,20). The van der Waals surface area contributed by atoms with Crippen LogP contribution in [0, 0.1) is 24.7 Å². The molecule has 0 spiro atoms. The van der Waals surface area contributed by atoms with E-state index in [4.69, 9.17) is 0 Å². The van der Waals surface area contributed by atoms with Crippen LogP contribution < -0.4 is 5.32 Å². The predicted molar refractivity (Wildman–Crippen MR) is 78.3 cm³/mol. The normalized spacial score (nSPS) is 25.4. The Labute approximate surface area is 125 Å². The summed E-state index contributed by atoms with van der Waals surface area (Å²) in [6, 6.07) is 1.81. The van der Waals surface area contributed by atoms with Crippen molar-refractivity contribution in [2.45, 2.75) is 26.7 Å². The molecule has 3 unspecified atom stereocenters. The molecule has 2 N–H and O–H groups in total. The van der Waals surface area contributed by atoms with Gasteiger partial charge in [0.05, 0.1) is 23.7 Å². The number of pyridine rings is 1. The third kappa shape index (κ3) is 3.17. The van der Waals surface area contributed by atoms with Gasteiger partial charge in [0, 0.05) is 0 Å². The quantitative estimate of drug-likeness (QED) is 0.829. The minimum absolute atomic E-state index is 0.231. The summed E-state index contributed by atoms with van der Waals surface area (Å²) < 4.78 is 0.730. The van der Waals surface area contributed by atoms with Crippen molar-refractivity contribution >= 4 is 33.5 Å². The topological polar surface area (TPSA) is 79.3 Å². The van der Waals surface area contributed by atoms with E-state index in [1.807, 2.05) is 19.9 Å². The molecule has 5 nitrogen and oxygen atoms in total. The summed E-state index contributed by atoms with van der Waals surface area (Å²) >= 11 is 3.30. The zero-order chi connectivity index (χ0) is 14.9. The maximum Gasteiger partial charge on any atom is 0.307 e. The summed E-state index contributed by atoms with van der Waals surface area (Å²) in [5.74, 6) is -1.91. The fourth-order valence-corrected chi connectivity index (χ4v) is 2.93. The van der Waals surface area contributed by atoms with Gasteiger partial charge in [-0.15, -0.1) is 0 Å². The van der Waals surface area contributed by atoms with Gasteiger partial charge in [-0.05, 0) is 53.2 Å². The van der Waals surface area contributed by atoms with Gasteiger partial charge in [0.1, 0.15) is 4.60 Å². The van der Waals surface area contributed by atoms with Crippen LogP contribution in [0.3, 0.4) is 0 Å². The zero-order valence-electron chi connectivity index (χ0n) is 11.4. The molecule has 1 amide bonds. The Kier molecular flexibility index (Phi) is 4.42. The molecule has 6 heteroatoms. The number of carboxylic acids is 1. The Morgan fingerprint density at radius 2 is 2.05 bits per heavy atom. The van der Waals surface area contributed by atoms with Crippen LogP contribution in [0.5, 0.6) is 0 Å². The number of anilines is 1. The Bertz CT molecular complexity index is 547. The molecule has 0 bridgehead atoms. The van der Waals surface area contributed by atoms with Crippen LogP contribution in [0.25, 0.3) is 0 Å². The van der Waals surface area contributed by atoms with Gasteiger partial charge in [0.2, 0.25) is 5.91 Å². The van der Waals surface area contributed by atoms with E-state index in [9.17, 15) is 14.7 Å². The predicted octanol–water partition coefficient (Wildman–Crippen LogP) is 2.84. The molecular weight excluding hydrogens is 324 g/mol. The van der Waals surface area contributed by atoms with E-state index in [0.717, 1.165) is 10.2 Å². The first-order chi connectivity index (χ1) is 9.38. The van der Waals surface area contributed by atoms with E-state index in [1.54, 1.807) is 6.20 Å². The van der Waals surface area contributed by atoms with Crippen LogP contribution in [-0.4, -0.2) is 22.0 Å². The number of aliphatic carboxylic acids is 1. The SMILES string of the molecule is Cc1cc(NC(=O)C2CC(C)CC2C(=O)O)cnc1Br. The number of amides is 1. The molecule has 0 aromatic carbocycles. The molecule has 1 aliphatic carbocycles. The molecule has 1 aromatic heterocycles. The third-order valence-corrected chi connectivity index (χ3v) is 4.56. The van der Waals surface area contributed by atoms with Crippen LogP contribution in [0.4, 0.5) is 5.69 Å². The zero-order valence-corrected chi connectivity index (χ0v) is 13.0. The van der Waals surface area contributed by atoms with Crippen LogP contribution in [-0.2, 0) is 9.59 Å². The molecule has 1 heterocycles. The summed E-state index contributed by atoms with van der Waals surface area (Å²) in [6.07, 6.45) is 2.74. The lowest BCUT2D eigenvalue weighted by Crippen LogP contribution is -2.30. The first-order valence-electron chi connectivity index (χ1n) is 6.54. The molecule has 2 rings (SSSR count). The second-order valence-electron chi connectivity index (χ2n) is 5.45. The number of nitrogens with one attached hydrogen (secondary N) is 1. The Morgan fingerprint density at radius 1 is 1.40 bits per heavy atom. The van der Waals surface area contributed by atoms with Gasteiger partial charge in [0.25, 0.3) is 0 Å². The number of aromatic nitrogens is 1. The fourth-order valence-electron chi connectivity index (χ4n) is 2.72. The number of rotatable bonds is 3. The van der Waals surface area contributed by atoms with Crippen molar-refractivity contribution in [3.63, 3.8) is 0 Å². The largest absolute Gasteiger partial charge is 0.481 e. The van der Waals surface area contributed by atoms with Gasteiger partial charge in [-0.3, -0.25) is 9.59 Å². The van der Waals surface area contributed by atoms with Crippen LogP contribution in [0.2, 0.25) is 0 Å². The highest BCUT2D eigenvalue weighted by atomic mass is 79.9. The summed E-state index contributed by atoms with van der Waals surface area (Å²) in [7, 11) is 0. The lowest BCUT2D eigenvalue weighted by molar-refractivity contribution is -0.145. The third-order valence-electron chi connectivity index (χ3n) is 3.73. The van der Waals surface area contributed by atoms with E-state index in [1.165, 1.54) is 0 Å². The summed E-state index contributed by atoms with van der Waals surface area (Å²) in [5.41, 5.74) is 1.51. The molecular formula is C14H17BrN2O3. The maximum atomic E-state index is 12.3. The smallest absolute Gasteiger partial charge is 0.307 e. The highest BCUT2D eigenvalue weighted by molar-refractivity contribution is 9.10. The van der Waals surface area contributed by atoms with Gasteiger partial charge in [-0.2, -0.15) is 0 Å². The van der Waals surface area contributed by atoms with E-state index < -0.39 is 17.8 Å². The molecule has 0 radical (unpaired) electrons.